The van der Waals surface area contributed by atoms with Gasteiger partial charge in [-0.3, -0.25) is 14.9 Å². The summed E-state index contributed by atoms with van der Waals surface area (Å²) in [6.45, 7) is 1.81. The molecule has 2 aromatic carbocycles. The smallest absolute Gasteiger partial charge is 0.321 e. The van der Waals surface area contributed by atoms with Crippen LogP contribution in [0.1, 0.15) is 15.9 Å². The van der Waals surface area contributed by atoms with Crippen molar-refractivity contribution in [2.45, 2.75) is 6.92 Å². The van der Waals surface area contributed by atoms with Crippen molar-refractivity contribution in [3.63, 3.8) is 0 Å². The minimum atomic E-state index is -0.529. The standard InChI is InChI=1S/C20H19N5O4/c1-13-11-15(29-20-21-9-4-10-22-20)6-7-17(13)23-19(26)16-12-14(25(27)28)5-8-18(16)24(2)3/h4-12H,1-3H3,(H,23,26). The number of nitro groups is 1. The molecule has 0 bridgehead atoms. The Morgan fingerprint density at radius 3 is 2.48 bits per heavy atom. The number of non-ortho nitro benzene ring substituents is 1. The second kappa shape index (κ2) is 8.34. The Kier molecular flexibility index (Phi) is 5.68. The third-order valence-corrected chi connectivity index (χ3v) is 4.11. The number of nitrogens with zero attached hydrogens (tertiary/aromatic N) is 4. The molecular weight excluding hydrogens is 374 g/mol. The lowest BCUT2D eigenvalue weighted by atomic mass is 10.1. The topological polar surface area (TPSA) is 110 Å². The number of nitrogens with one attached hydrogen (secondary N) is 1. The summed E-state index contributed by atoms with van der Waals surface area (Å²) >= 11 is 0. The van der Waals surface area contributed by atoms with E-state index in [2.05, 4.69) is 15.3 Å². The molecule has 0 atom stereocenters. The van der Waals surface area contributed by atoms with E-state index in [1.807, 2.05) is 6.92 Å². The molecule has 0 radical (unpaired) electrons. The van der Waals surface area contributed by atoms with Gasteiger partial charge in [-0.2, -0.15) is 0 Å². The summed E-state index contributed by atoms with van der Waals surface area (Å²) in [5.41, 5.74) is 1.95. The molecule has 0 aliphatic heterocycles. The van der Waals surface area contributed by atoms with Crippen LogP contribution in [0.5, 0.6) is 11.8 Å². The predicted octanol–water partition coefficient (Wildman–Crippen LogP) is 3.80. The summed E-state index contributed by atoms with van der Waals surface area (Å²) in [5, 5.41) is 13.9. The Labute approximate surface area is 167 Å². The van der Waals surface area contributed by atoms with Gasteiger partial charge < -0.3 is 15.0 Å². The molecule has 9 heteroatoms. The number of rotatable bonds is 6. The van der Waals surface area contributed by atoms with Crippen LogP contribution in [0.25, 0.3) is 0 Å². The Bertz CT molecular complexity index is 1050. The van der Waals surface area contributed by atoms with Gasteiger partial charge in [0.25, 0.3) is 11.6 Å². The van der Waals surface area contributed by atoms with Crippen LogP contribution in [0.15, 0.2) is 54.9 Å². The number of ether oxygens (including phenoxy) is 1. The number of aryl methyl sites for hydroxylation is 1. The zero-order valence-electron chi connectivity index (χ0n) is 16.1. The monoisotopic (exact) mass is 393 g/mol. The molecule has 1 amide bonds. The molecule has 3 rings (SSSR count). The third kappa shape index (κ3) is 4.64. The van der Waals surface area contributed by atoms with E-state index < -0.39 is 10.8 Å². The average Bonchev–Trinajstić information content (AvgIpc) is 2.70. The van der Waals surface area contributed by atoms with Gasteiger partial charge in [0, 0.05) is 50.0 Å². The first kappa shape index (κ1) is 19.7. The first-order valence-corrected chi connectivity index (χ1v) is 8.68. The fourth-order valence-electron chi connectivity index (χ4n) is 2.68. The summed E-state index contributed by atoms with van der Waals surface area (Å²) in [6, 6.07) is 11.2. The van der Waals surface area contributed by atoms with E-state index in [0.717, 1.165) is 5.56 Å². The van der Waals surface area contributed by atoms with Gasteiger partial charge in [0.2, 0.25) is 0 Å². The molecule has 9 nitrogen and oxygen atoms in total. The molecule has 0 aliphatic rings. The number of amides is 1. The molecule has 0 aliphatic carbocycles. The highest BCUT2D eigenvalue weighted by atomic mass is 16.6. The molecule has 0 saturated carbocycles. The maximum atomic E-state index is 12.8. The van der Waals surface area contributed by atoms with Crippen LogP contribution >= 0.6 is 0 Å². The summed E-state index contributed by atoms with van der Waals surface area (Å²) in [4.78, 5) is 33.1. The zero-order valence-corrected chi connectivity index (χ0v) is 16.1. The van der Waals surface area contributed by atoms with Gasteiger partial charge in [-0.1, -0.05) is 0 Å². The van der Waals surface area contributed by atoms with E-state index in [0.29, 0.717) is 17.1 Å². The van der Waals surface area contributed by atoms with E-state index in [9.17, 15) is 14.9 Å². The molecule has 0 spiro atoms. The van der Waals surface area contributed by atoms with Gasteiger partial charge in [-0.05, 0) is 42.8 Å². The first-order valence-electron chi connectivity index (χ1n) is 8.68. The van der Waals surface area contributed by atoms with Crippen LogP contribution in [0.2, 0.25) is 0 Å². The van der Waals surface area contributed by atoms with Crippen molar-refractivity contribution in [1.29, 1.82) is 0 Å². The number of carbonyl (C=O) groups excluding carboxylic acids is 1. The number of nitro benzene ring substituents is 1. The maximum absolute atomic E-state index is 12.8. The van der Waals surface area contributed by atoms with Crippen LogP contribution < -0.4 is 15.0 Å². The first-order chi connectivity index (χ1) is 13.8. The van der Waals surface area contributed by atoms with Gasteiger partial charge in [0.15, 0.2) is 0 Å². The van der Waals surface area contributed by atoms with Crippen molar-refractivity contribution in [3.8, 4) is 11.8 Å². The lowest BCUT2D eigenvalue weighted by molar-refractivity contribution is -0.384. The maximum Gasteiger partial charge on any atom is 0.321 e. The van der Waals surface area contributed by atoms with Gasteiger partial charge in [0.1, 0.15) is 5.75 Å². The third-order valence-electron chi connectivity index (χ3n) is 4.11. The highest BCUT2D eigenvalue weighted by Gasteiger charge is 2.19. The lowest BCUT2D eigenvalue weighted by Crippen LogP contribution is -2.19. The Morgan fingerprint density at radius 1 is 1.14 bits per heavy atom. The second-order valence-corrected chi connectivity index (χ2v) is 6.42. The number of anilines is 2. The zero-order chi connectivity index (χ0) is 21.0. The molecule has 148 valence electrons. The molecule has 3 aromatic rings. The largest absolute Gasteiger partial charge is 0.424 e. The van der Waals surface area contributed by atoms with E-state index in [-0.39, 0.29) is 17.3 Å². The van der Waals surface area contributed by atoms with Crippen LogP contribution in [0, 0.1) is 17.0 Å². The van der Waals surface area contributed by atoms with Crippen molar-refractivity contribution in [1.82, 2.24) is 9.97 Å². The molecular formula is C20H19N5O4. The van der Waals surface area contributed by atoms with Gasteiger partial charge >= 0.3 is 6.01 Å². The van der Waals surface area contributed by atoms with Crippen molar-refractivity contribution in [2.24, 2.45) is 0 Å². The molecule has 0 saturated heterocycles. The van der Waals surface area contributed by atoms with Crippen molar-refractivity contribution < 1.29 is 14.5 Å². The predicted molar refractivity (Wildman–Crippen MR) is 109 cm³/mol. The fraction of sp³-hybridized carbons (Fsp3) is 0.150. The molecule has 29 heavy (non-hydrogen) atoms. The van der Waals surface area contributed by atoms with Gasteiger partial charge in [0.05, 0.1) is 10.5 Å². The number of hydrogen-bond donors (Lipinski definition) is 1. The van der Waals surface area contributed by atoms with Crippen LogP contribution in [0.3, 0.4) is 0 Å². The highest BCUT2D eigenvalue weighted by molar-refractivity contribution is 6.08. The molecule has 0 fully saturated rings. The highest BCUT2D eigenvalue weighted by Crippen LogP contribution is 2.28. The van der Waals surface area contributed by atoms with E-state index in [1.54, 1.807) is 61.7 Å². The number of carbonyl (C=O) groups is 1. The Morgan fingerprint density at radius 2 is 1.86 bits per heavy atom. The summed E-state index contributed by atoms with van der Waals surface area (Å²) in [6.07, 6.45) is 3.15. The fourth-order valence-corrected chi connectivity index (χ4v) is 2.68. The van der Waals surface area contributed by atoms with Crippen molar-refractivity contribution >= 4 is 23.0 Å². The molecule has 1 heterocycles. The minimum Gasteiger partial charge on any atom is -0.424 e. The van der Waals surface area contributed by atoms with Crippen molar-refractivity contribution in [3.05, 3.63) is 76.1 Å². The average molecular weight is 393 g/mol. The SMILES string of the molecule is Cc1cc(Oc2ncccn2)ccc1NC(=O)c1cc([N+](=O)[O-])ccc1N(C)C. The van der Waals surface area contributed by atoms with Crippen molar-refractivity contribution in [2.75, 3.05) is 24.3 Å². The Balaban J connectivity index is 1.84. The summed E-state index contributed by atoms with van der Waals surface area (Å²) < 4.78 is 5.58. The molecule has 1 N–H and O–H groups in total. The second-order valence-electron chi connectivity index (χ2n) is 6.42. The van der Waals surface area contributed by atoms with Crippen LogP contribution in [0.4, 0.5) is 17.1 Å². The lowest BCUT2D eigenvalue weighted by Gasteiger charge is -2.17. The number of aromatic nitrogens is 2. The van der Waals surface area contributed by atoms with E-state index in [4.69, 9.17) is 4.74 Å². The van der Waals surface area contributed by atoms with Gasteiger partial charge in [-0.15, -0.1) is 0 Å². The number of hydrogen-bond acceptors (Lipinski definition) is 7. The van der Waals surface area contributed by atoms with Gasteiger partial charge in [-0.25, -0.2) is 9.97 Å². The van der Waals surface area contributed by atoms with Crippen LogP contribution in [-0.2, 0) is 0 Å². The Hall–Kier alpha value is -4.01. The normalized spacial score (nSPS) is 10.3. The minimum absolute atomic E-state index is 0.149. The summed E-state index contributed by atoms with van der Waals surface area (Å²) in [5.74, 6) is 0.0802. The summed E-state index contributed by atoms with van der Waals surface area (Å²) in [7, 11) is 3.53. The molecule has 0 unspecified atom stereocenters. The van der Waals surface area contributed by atoms with E-state index >= 15 is 0 Å². The quantitative estimate of drug-likeness (QED) is 0.501. The van der Waals surface area contributed by atoms with E-state index in [1.165, 1.54) is 12.1 Å². The molecule has 1 aromatic heterocycles. The number of benzene rings is 2. The van der Waals surface area contributed by atoms with Crippen LogP contribution in [-0.4, -0.2) is 34.9 Å².